The Morgan fingerprint density at radius 2 is 2.17 bits per heavy atom. The molecule has 0 aliphatic carbocycles. The van der Waals surface area contributed by atoms with Gasteiger partial charge in [-0.3, -0.25) is 0 Å². The zero-order valence-corrected chi connectivity index (χ0v) is 14.9. The normalized spacial score (nSPS) is 29.7. The van der Waals surface area contributed by atoms with Crippen molar-refractivity contribution in [3.05, 3.63) is 23.8 Å². The predicted molar refractivity (Wildman–Crippen MR) is 92.4 cm³/mol. The molecule has 1 aromatic rings. The Morgan fingerprint density at radius 3 is 2.91 bits per heavy atom. The Balaban J connectivity index is 1.36. The standard InChI is InChI=1S/C20H30O3/c1-5-20(4)19(23-20)9-6-14(2)10-11-21-16-7-8-17-15(3)13-22-18(17)12-16/h7-8,12,14-15,19H,5-6,9-11,13H2,1-4H3. The van der Waals surface area contributed by atoms with Gasteiger partial charge in [0.1, 0.15) is 11.5 Å². The molecule has 1 fully saturated rings. The molecule has 0 N–H and O–H groups in total. The molecular weight excluding hydrogens is 288 g/mol. The quantitative estimate of drug-likeness (QED) is 0.636. The molecule has 3 heteroatoms. The summed E-state index contributed by atoms with van der Waals surface area (Å²) in [6.45, 7) is 10.5. The molecule has 4 atom stereocenters. The van der Waals surface area contributed by atoms with Crippen molar-refractivity contribution in [2.75, 3.05) is 13.2 Å². The van der Waals surface area contributed by atoms with Crippen molar-refractivity contribution in [3.63, 3.8) is 0 Å². The van der Waals surface area contributed by atoms with Crippen LogP contribution in [0.3, 0.4) is 0 Å². The molecule has 1 aromatic carbocycles. The van der Waals surface area contributed by atoms with Crippen LogP contribution in [0.4, 0.5) is 0 Å². The summed E-state index contributed by atoms with van der Waals surface area (Å²) in [4.78, 5) is 0. The highest BCUT2D eigenvalue weighted by Gasteiger charge is 2.49. The third kappa shape index (κ3) is 3.82. The Kier molecular flexibility index (Phi) is 4.86. The van der Waals surface area contributed by atoms with Gasteiger partial charge in [0.2, 0.25) is 0 Å². The van der Waals surface area contributed by atoms with E-state index in [0.29, 0.717) is 17.9 Å². The van der Waals surface area contributed by atoms with Crippen LogP contribution in [0.1, 0.15) is 64.9 Å². The summed E-state index contributed by atoms with van der Waals surface area (Å²) in [5.74, 6) is 3.09. The molecule has 128 valence electrons. The lowest BCUT2D eigenvalue weighted by atomic mass is 9.96. The maximum Gasteiger partial charge on any atom is 0.126 e. The number of rotatable bonds is 8. The lowest BCUT2D eigenvalue weighted by Crippen LogP contribution is -2.10. The highest BCUT2D eigenvalue weighted by molar-refractivity contribution is 5.44. The largest absolute Gasteiger partial charge is 0.493 e. The summed E-state index contributed by atoms with van der Waals surface area (Å²) < 4.78 is 17.4. The average molecular weight is 318 g/mol. The Bertz CT molecular complexity index is 542. The smallest absolute Gasteiger partial charge is 0.126 e. The summed E-state index contributed by atoms with van der Waals surface area (Å²) in [6.07, 6.45) is 5.08. The molecule has 0 amide bonds. The Morgan fingerprint density at radius 1 is 1.35 bits per heavy atom. The molecule has 4 unspecified atom stereocenters. The van der Waals surface area contributed by atoms with E-state index in [1.165, 1.54) is 18.4 Å². The van der Waals surface area contributed by atoms with Gasteiger partial charge in [0.25, 0.3) is 0 Å². The van der Waals surface area contributed by atoms with Gasteiger partial charge in [-0.1, -0.05) is 26.8 Å². The second kappa shape index (κ2) is 6.72. The zero-order valence-electron chi connectivity index (χ0n) is 14.9. The lowest BCUT2D eigenvalue weighted by Gasteiger charge is -2.13. The number of hydrogen-bond acceptors (Lipinski definition) is 3. The van der Waals surface area contributed by atoms with Crippen LogP contribution >= 0.6 is 0 Å². The second-order valence-electron chi connectivity index (χ2n) is 7.50. The van der Waals surface area contributed by atoms with Crippen LogP contribution < -0.4 is 9.47 Å². The van der Waals surface area contributed by atoms with Crippen LogP contribution in [0.2, 0.25) is 0 Å². The van der Waals surface area contributed by atoms with Crippen molar-refractivity contribution >= 4 is 0 Å². The summed E-state index contributed by atoms with van der Waals surface area (Å²) in [6, 6.07) is 6.25. The molecule has 2 heterocycles. The van der Waals surface area contributed by atoms with E-state index in [4.69, 9.17) is 14.2 Å². The van der Waals surface area contributed by atoms with Gasteiger partial charge in [0.15, 0.2) is 0 Å². The topological polar surface area (TPSA) is 31.0 Å². The molecule has 0 aromatic heterocycles. The van der Waals surface area contributed by atoms with Crippen LogP contribution in [-0.4, -0.2) is 24.9 Å². The van der Waals surface area contributed by atoms with Crippen LogP contribution in [0.15, 0.2) is 18.2 Å². The van der Waals surface area contributed by atoms with Gasteiger partial charge in [0, 0.05) is 17.5 Å². The minimum Gasteiger partial charge on any atom is -0.493 e. The van der Waals surface area contributed by atoms with Gasteiger partial charge in [0.05, 0.1) is 24.9 Å². The summed E-state index contributed by atoms with van der Waals surface area (Å²) in [5.41, 5.74) is 1.46. The van der Waals surface area contributed by atoms with E-state index >= 15 is 0 Å². The molecule has 0 radical (unpaired) electrons. The summed E-state index contributed by atoms with van der Waals surface area (Å²) in [7, 11) is 0. The minimum atomic E-state index is 0.164. The minimum absolute atomic E-state index is 0.164. The van der Waals surface area contributed by atoms with Crippen LogP contribution in [0.5, 0.6) is 11.5 Å². The number of benzene rings is 1. The van der Waals surface area contributed by atoms with E-state index < -0.39 is 0 Å². The molecular formula is C20H30O3. The third-order valence-corrected chi connectivity index (χ3v) is 5.54. The summed E-state index contributed by atoms with van der Waals surface area (Å²) >= 11 is 0. The molecule has 0 bridgehead atoms. The molecule has 1 saturated heterocycles. The van der Waals surface area contributed by atoms with Gasteiger partial charge in [-0.2, -0.15) is 0 Å². The lowest BCUT2D eigenvalue weighted by molar-refractivity contribution is 0.268. The van der Waals surface area contributed by atoms with Gasteiger partial charge in [-0.05, 0) is 44.6 Å². The SMILES string of the molecule is CCC1(C)OC1CCC(C)CCOc1ccc2c(c1)OCC2C. The van der Waals surface area contributed by atoms with Gasteiger partial charge < -0.3 is 14.2 Å². The first-order valence-corrected chi connectivity index (χ1v) is 9.09. The van der Waals surface area contributed by atoms with Crippen molar-refractivity contribution in [2.45, 2.75) is 71.0 Å². The van der Waals surface area contributed by atoms with Gasteiger partial charge in [-0.15, -0.1) is 0 Å². The average Bonchev–Trinajstić information content (AvgIpc) is 3.07. The highest BCUT2D eigenvalue weighted by atomic mass is 16.6. The van der Waals surface area contributed by atoms with Crippen LogP contribution in [0.25, 0.3) is 0 Å². The fourth-order valence-electron chi connectivity index (χ4n) is 3.37. The van der Waals surface area contributed by atoms with Crippen molar-refractivity contribution in [3.8, 4) is 11.5 Å². The molecule has 3 rings (SSSR count). The Hall–Kier alpha value is -1.22. The van der Waals surface area contributed by atoms with E-state index in [2.05, 4.69) is 39.8 Å². The van der Waals surface area contributed by atoms with E-state index in [1.54, 1.807) is 0 Å². The maximum absolute atomic E-state index is 5.91. The van der Waals surface area contributed by atoms with Crippen molar-refractivity contribution in [1.29, 1.82) is 0 Å². The van der Waals surface area contributed by atoms with E-state index in [0.717, 1.165) is 37.6 Å². The molecule has 3 nitrogen and oxygen atoms in total. The second-order valence-corrected chi connectivity index (χ2v) is 7.50. The number of hydrogen-bond donors (Lipinski definition) is 0. The van der Waals surface area contributed by atoms with E-state index in [1.807, 2.05) is 6.07 Å². The number of fused-ring (bicyclic) bond motifs is 1. The van der Waals surface area contributed by atoms with Crippen molar-refractivity contribution < 1.29 is 14.2 Å². The first kappa shape index (κ1) is 16.6. The number of epoxide rings is 1. The number of ether oxygens (including phenoxy) is 3. The molecule has 0 spiro atoms. The van der Waals surface area contributed by atoms with Crippen molar-refractivity contribution in [2.24, 2.45) is 5.92 Å². The van der Waals surface area contributed by atoms with Gasteiger partial charge in [-0.25, -0.2) is 0 Å². The first-order valence-electron chi connectivity index (χ1n) is 9.09. The van der Waals surface area contributed by atoms with E-state index in [-0.39, 0.29) is 5.60 Å². The van der Waals surface area contributed by atoms with E-state index in [9.17, 15) is 0 Å². The molecule has 2 aliphatic heterocycles. The monoisotopic (exact) mass is 318 g/mol. The first-order chi connectivity index (χ1) is 11.0. The third-order valence-electron chi connectivity index (χ3n) is 5.54. The van der Waals surface area contributed by atoms with Crippen molar-refractivity contribution in [1.82, 2.24) is 0 Å². The summed E-state index contributed by atoms with van der Waals surface area (Å²) in [5, 5.41) is 0. The predicted octanol–water partition coefficient (Wildman–Crippen LogP) is 4.94. The molecule has 23 heavy (non-hydrogen) atoms. The fourth-order valence-corrected chi connectivity index (χ4v) is 3.37. The van der Waals surface area contributed by atoms with Crippen LogP contribution in [-0.2, 0) is 4.74 Å². The Labute approximate surface area is 140 Å². The zero-order chi connectivity index (χ0) is 16.4. The maximum atomic E-state index is 5.91. The molecule has 2 aliphatic rings. The fraction of sp³-hybridized carbons (Fsp3) is 0.700. The van der Waals surface area contributed by atoms with Crippen LogP contribution in [0, 0.1) is 5.92 Å². The van der Waals surface area contributed by atoms with Gasteiger partial charge >= 0.3 is 0 Å². The molecule has 0 saturated carbocycles. The highest BCUT2D eigenvalue weighted by Crippen LogP contribution is 2.42.